The molecular formula is C15H12N4O3. The van der Waals surface area contributed by atoms with E-state index >= 15 is 0 Å². The average molecular weight is 296 g/mol. The molecule has 22 heavy (non-hydrogen) atoms. The van der Waals surface area contributed by atoms with Crippen molar-refractivity contribution >= 4 is 17.5 Å². The minimum absolute atomic E-state index is 0.191. The molecule has 0 radical (unpaired) electrons. The molecule has 2 aromatic heterocycles. The topological polar surface area (TPSA) is 101 Å². The van der Waals surface area contributed by atoms with Gasteiger partial charge in [0.2, 0.25) is 0 Å². The molecule has 0 bridgehead atoms. The Hall–Kier alpha value is -3.22. The summed E-state index contributed by atoms with van der Waals surface area (Å²) in [5.41, 5.74) is 1.44. The van der Waals surface area contributed by atoms with E-state index in [0.717, 1.165) is 0 Å². The highest BCUT2D eigenvalue weighted by atomic mass is 16.5. The Kier molecular flexibility index (Phi) is 3.53. The van der Waals surface area contributed by atoms with E-state index in [1.807, 2.05) is 0 Å². The maximum atomic E-state index is 11.0. The van der Waals surface area contributed by atoms with Gasteiger partial charge in [0, 0.05) is 11.9 Å². The van der Waals surface area contributed by atoms with Gasteiger partial charge in [-0.05, 0) is 37.3 Å². The first-order chi connectivity index (χ1) is 10.6. The first-order valence-corrected chi connectivity index (χ1v) is 6.49. The molecule has 2 N–H and O–H groups in total. The van der Waals surface area contributed by atoms with Crippen LogP contribution < -0.4 is 5.32 Å². The number of pyridine rings is 1. The summed E-state index contributed by atoms with van der Waals surface area (Å²) in [4.78, 5) is 19.4. The minimum Gasteiger partial charge on any atom is -0.478 e. The van der Waals surface area contributed by atoms with E-state index in [1.165, 1.54) is 12.1 Å². The molecule has 0 saturated carbocycles. The van der Waals surface area contributed by atoms with Crippen molar-refractivity contribution in [2.45, 2.75) is 6.92 Å². The number of hydrogen-bond donors (Lipinski definition) is 2. The molecule has 7 heteroatoms. The summed E-state index contributed by atoms with van der Waals surface area (Å²) in [7, 11) is 0. The molecular weight excluding hydrogens is 284 g/mol. The van der Waals surface area contributed by atoms with E-state index in [9.17, 15) is 4.79 Å². The highest BCUT2D eigenvalue weighted by Gasteiger charge is 2.13. The fourth-order valence-electron chi connectivity index (χ4n) is 1.95. The fourth-order valence-corrected chi connectivity index (χ4v) is 1.95. The number of hydrogen-bond acceptors (Lipinski definition) is 6. The molecule has 3 aromatic rings. The summed E-state index contributed by atoms with van der Waals surface area (Å²) in [6.45, 7) is 1.73. The number of carboxylic acids is 1. The zero-order valence-electron chi connectivity index (χ0n) is 11.6. The van der Waals surface area contributed by atoms with Crippen molar-refractivity contribution in [3.63, 3.8) is 0 Å². The maximum absolute atomic E-state index is 11.0. The number of carboxylic acid groups (broad SMARTS) is 1. The Morgan fingerprint density at radius 3 is 2.86 bits per heavy atom. The Morgan fingerprint density at radius 2 is 2.14 bits per heavy atom. The molecule has 0 aliphatic heterocycles. The van der Waals surface area contributed by atoms with Crippen molar-refractivity contribution in [1.29, 1.82) is 0 Å². The normalized spacial score (nSPS) is 10.4. The molecule has 1 aromatic carbocycles. The largest absolute Gasteiger partial charge is 0.478 e. The van der Waals surface area contributed by atoms with Crippen molar-refractivity contribution in [2.24, 2.45) is 0 Å². The van der Waals surface area contributed by atoms with Crippen molar-refractivity contribution in [1.82, 2.24) is 15.1 Å². The Bertz CT molecular complexity index is 829. The number of benzene rings is 1. The van der Waals surface area contributed by atoms with E-state index in [2.05, 4.69) is 20.4 Å². The Balaban J connectivity index is 1.96. The van der Waals surface area contributed by atoms with Crippen LogP contribution in [0, 0.1) is 6.92 Å². The maximum Gasteiger partial charge on any atom is 0.335 e. The number of aromatic carboxylic acids is 1. The molecule has 110 valence electrons. The molecule has 7 nitrogen and oxygen atoms in total. The van der Waals surface area contributed by atoms with Crippen LogP contribution in [-0.4, -0.2) is 26.2 Å². The summed E-state index contributed by atoms with van der Waals surface area (Å²) >= 11 is 0. The number of aryl methyl sites for hydroxylation is 1. The van der Waals surface area contributed by atoms with Crippen LogP contribution in [0.25, 0.3) is 11.5 Å². The summed E-state index contributed by atoms with van der Waals surface area (Å²) in [5, 5.41) is 15.9. The molecule has 2 heterocycles. The third-order valence-electron chi connectivity index (χ3n) is 2.94. The summed E-state index contributed by atoms with van der Waals surface area (Å²) in [6.07, 6.45) is 1.62. The number of rotatable bonds is 4. The van der Waals surface area contributed by atoms with Gasteiger partial charge < -0.3 is 14.9 Å². The molecule has 3 rings (SSSR count). The highest BCUT2D eigenvalue weighted by Crippen LogP contribution is 2.27. The molecule has 0 saturated heterocycles. The van der Waals surface area contributed by atoms with E-state index in [0.29, 0.717) is 28.8 Å². The van der Waals surface area contributed by atoms with Crippen LogP contribution in [0.1, 0.15) is 16.2 Å². The second-order valence-electron chi connectivity index (χ2n) is 4.56. The smallest absolute Gasteiger partial charge is 0.335 e. The molecule has 0 fully saturated rings. The van der Waals surface area contributed by atoms with E-state index in [-0.39, 0.29) is 5.56 Å². The third kappa shape index (κ3) is 2.78. The lowest BCUT2D eigenvalue weighted by molar-refractivity contribution is 0.0697. The average Bonchev–Trinajstić information content (AvgIpc) is 2.94. The van der Waals surface area contributed by atoms with Crippen LogP contribution in [0.2, 0.25) is 0 Å². The SMILES string of the molecule is Cc1noc(-c2cccnc2Nc2cccc(C(=O)O)c2)n1. The lowest BCUT2D eigenvalue weighted by Crippen LogP contribution is -2.00. The van der Waals surface area contributed by atoms with Crippen LogP contribution in [0.15, 0.2) is 47.1 Å². The van der Waals surface area contributed by atoms with Crippen LogP contribution in [-0.2, 0) is 0 Å². The minimum atomic E-state index is -0.988. The van der Waals surface area contributed by atoms with Crippen LogP contribution in [0.5, 0.6) is 0 Å². The number of carbonyl (C=O) groups is 1. The molecule has 0 spiro atoms. The van der Waals surface area contributed by atoms with Crippen LogP contribution in [0.3, 0.4) is 0 Å². The van der Waals surface area contributed by atoms with Crippen molar-refractivity contribution in [3.8, 4) is 11.5 Å². The summed E-state index contributed by atoms with van der Waals surface area (Å²) < 4.78 is 5.16. The van der Waals surface area contributed by atoms with Gasteiger partial charge in [-0.15, -0.1) is 0 Å². The van der Waals surface area contributed by atoms with Gasteiger partial charge in [-0.1, -0.05) is 11.2 Å². The van der Waals surface area contributed by atoms with E-state index in [1.54, 1.807) is 37.4 Å². The predicted molar refractivity (Wildman–Crippen MR) is 79.0 cm³/mol. The number of aromatic nitrogens is 3. The van der Waals surface area contributed by atoms with E-state index < -0.39 is 5.97 Å². The third-order valence-corrected chi connectivity index (χ3v) is 2.94. The van der Waals surface area contributed by atoms with Crippen LogP contribution >= 0.6 is 0 Å². The second kappa shape index (κ2) is 5.65. The van der Waals surface area contributed by atoms with Crippen LogP contribution in [0.4, 0.5) is 11.5 Å². The first kappa shape index (κ1) is 13.7. The predicted octanol–water partition coefficient (Wildman–Crippen LogP) is 2.88. The number of anilines is 2. The Labute approximate surface area is 125 Å². The van der Waals surface area contributed by atoms with Gasteiger partial charge in [0.25, 0.3) is 5.89 Å². The van der Waals surface area contributed by atoms with Gasteiger partial charge in [-0.3, -0.25) is 0 Å². The standard InChI is InChI=1S/C15H12N4O3/c1-9-17-14(22-19-9)12-6-3-7-16-13(12)18-11-5-2-4-10(8-11)15(20)21/h2-8H,1H3,(H,16,18)(H,20,21). The van der Waals surface area contributed by atoms with Gasteiger partial charge >= 0.3 is 5.97 Å². The lowest BCUT2D eigenvalue weighted by atomic mass is 10.2. The van der Waals surface area contributed by atoms with Crippen molar-refractivity contribution < 1.29 is 14.4 Å². The molecule has 0 atom stereocenters. The monoisotopic (exact) mass is 296 g/mol. The van der Waals surface area contributed by atoms with Gasteiger partial charge in [0.05, 0.1) is 11.1 Å². The van der Waals surface area contributed by atoms with Gasteiger partial charge in [-0.2, -0.15) is 4.98 Å². The fraction of sp³-hybridized carbons (Fsp3) is 0.0667. The highest BCUT2D eigenvalue weighted by molar-refractivity contribution is 5.89. The molecule has 0 aliphatic carbocycles. The van der Waals surface area contributed by atoms with Gasteiger partial charge in [-0.25, -0.2) is 9.78 Å². The van der Waals surface area contributed by atoms with Crippen molar-refractivity contribution in [3.05, 3.63) is 54.0 Å². The quantitative estimate of drug-likeness (QED) is 0.763. The molecule has 0 aliphatic rings. The lowest BCUT2D eigenvalue weighted by Gasteiger charge is -2.08. The molecule has 0 unspecified atom stereocenters. The second-order valence-corrected chi connectivity index (χ2v) is 4.56. The van der Waals surface area contributed by atoms with Gasteiger partial charge in [0.15, 0.2) is 5.82 Å². The van der Waals surface area contributed by atoms with E-state index in [4.69, 9.17) is 9.63 Å². The Morgan fingerprint density at radius 1 is 1.27 bits per heavy atom. The van der Waals surface area contributed by atoms with Crippen molar-refractivity contribution in [2.75, 3.05) is 5.32 Å². The first-order valence-electron chi connectivity index (χ1n) is 6.49. The van der Waals surface area contributed by atoms with Gasteiger partial charge in [0.1, 0.15) is 5.82 Å². The molecule has 0 amide bonds. The number of nitrogens with zero attached hydrogens (tertiary/aromatic N) is 3. The zero-order valence-corrected chi connectivity index (χ0v) is 11.6. The summed E-state index contributed by atoms with van der Waals surface area (Å²) in [5.74, 6) is 0.395. The zero-order chi connectivity index (χ0) is 15.5. The number of nitrogens with one attached hydrogen (secondary N) is 1. The summed E-state index contributed by atoms with van der Waals surface area (Å²) in [6, 6.07) is 10.0.